The highest BCUT2D eigenvalue weighted by atomic mass is 35.5. The minimum atomic E-state index is -0.0191. The summed E-state index contributed by atoms with van der Waals surface area (Å²) in [6.45, 7) is 5.07. The van der Waals surface area contributed by atoms with Gasteiger partial charge in [-0.1, -0.05) is 68.7 Å². The molecule has 1 atom stereocenters. The van der Waals surface area contributed by atoms with Crippen LogP contribution in [0.1, 0.15) is 45.3 Å². The SMILES string of the molecule is CCCC[C@@H](CC)CN1C(=O)/C(=C/c2ccc(-c3ccc(Cl)cc3)o2)SC1=S. The zero-order valence-electron chi connectivity index (χ0n) is 16.1. The molecule has 0 N–H and O–H groups in total. The van der Waals surface area contributed by atoms with E-state index in [2.05, 4.69) is 13.8 Å². The first kappa shape index (κ1) is 21.2. The molecule has 1 aromatic heterocycles. The van der Waals surface area contributed by atoms with Crippen LogP contribution in [-0.4, -0.2) is 21.7 Å². The standard InChI is InChI=1S/C22H24ClNO2S2/c1-3-5-6-15(4-2)14-24-21(25)20(28-22(24)27)13-18-11-12-19(26-18)16-7-9-17(23)10-8-16/h7-13,15H,3-6,14H2,1-2H3/b20-13-/t15-/m1/s1. The fraction of sp³-hybridized carbons (Fsp3) is 0.364. The highest BCUT2D eigenvalue weighted by Crippen LogP contribution is 2.35. The van der Waals surface area contributed by atoms with Gasteiger partial charge in [0.2, 0.25) is 0 Å². The smallest absolute Gasteiger partial charge is 0.266 e. The summed E-state index contributed by atoms with van der Waals surface area (Å²) in [4.78, 5) is 15.2. The van der Waals surface area contributed by atoms with E-state index in [1.807, 2.05) is 36.4 Å². The fourth-order valence-corrected chi connectivity index (χ4v) is 4.54. The van der Waals surface area contributed by atoms with Crippen LogP contribution in [0.25, 0.3) is 17.4 Å². The highest BCUT2D eigenvalue weighted by molar-refractivity contribution is 8.26. The molecule has 28 heavy (non-hydrogen) atoms. The highest BCUT2D eigenvalue weighted by Gasteiger charge is 2.33. The van der Waals surface area contributed by atoms with Crippen molar-refractivity contribution in [3.63, 3.8) is 0 Å². The molecule has 0 spiro atoms. The lowest BCUT2D eigenvalue weighted by Crippen LogP contribution is -2.33. The predicted molar refractivity (Wildman–Crippen MR) is 122 cm³/mol. The summed E-state index contributed by atoms with van der Waals surface area (Å²) >= 11 is 12.8. The van der Waals surface area contributed by atoms with Crippen molar-refractivity contribution >= 4 is 51.9 Å². The van der Waals surface area contributed by atoms with Crippen molar-refractivity contribution in [2.75, 3.05) is 6.54 Å². The first-order chi connectivity index (χ1) is 13.5. The van der Waals surface area contributed by atoms with E-state index in [0.717, 1.165) is 24.2 Å². The van der Waals surface area contributed by atoms with Crippen LogP contribution in [0.3, 0.4) is 0 Å². The largest absolute Gasteiger partial charge is 0.457 e. The molecule has 0 aliphatic carbocycles. The molecular weight excluding hydrogens is 410 g/mol. The van der Waals surface area contributed by atoms with Crippen molar-refractivity contribution < 1.29 is 9.21 Å². The van der Waals surface area contributed by atoms with E-state index in [1.54, 1.807) is 11.0 Å². The fourth-order valence-electron chi connectivity index (χ4n) is 3.16. The molecule has 3 nitrogen and oxygen atoms in total. The van der Waals surface area contributed by atoms with Crippen LogP contribution in [0.5, 0.6) is 0 Å². The molecular formula is C22H24ClNO2S2. The molecule has 2 heterocycles. The van der Waals surface area contributed by atoms with Crippen molar-refractivity contribution in [1.82, 2.24) is 4.90 Å². The number of carbonyl (C=O) groups is 1. The maximum atomic E-state index is 12.9. The Balaban J connectivity index is 1.72. The Labute approximate surface area is 181 Å². The lowest BCUT2D eigenvalue weighted by Gasteiger charge is -2.21. The van der Waals surface area contributed by atoms with Crippen molar-refractivity contribution in [2.45, 2.75) is 39.5 Å². The van der Waals surface area contributed by atoms with E-state index in [-0.39, 0.29) is 5.91 Å². The van der Waals surface area contributed by atoms with E-state index in [1.165, 1.54) is 24.6 Å². The van der Waals surface area contributed by atoms with Gasteiger partial charge in [-0.3, -0.25) is 9.69 Å². The number of benzene rings is 1. The first-order valence-electron chi connectivity index (χ1n) is 9.63. The van der Waals surface area contributed by atoms with Gasteiger partial charge < -0.3 is 4.42 Å². The Morgan fingerprint density at radius 1 is 1.21 bits per heavy atom. The lowest BCUT2D eigenvalue weighted by molar-refractivity contribution is -0.122. The molecule has 1 fully saturated rings. The second-order valence-corrected chi connectivity index (χ2v) is 9.03. The third-order valence-corrected chi connectivity index (χ3v) is 6.52. The van der Waals surface area contributed by atoms with Crippen molar-refractivity contribution in [1.29, 1.82) is 0 Å². The van der Waals surface area contributed by atoms with Gasteiger partial charge in [0.1, 0.15) is 15.8 Å². The monoisotopic (exact) mass is 433 g/mol. The number of thiocarbonyl (C=S) groups is 1. The van der Waals surface area contributed by atoms with E-state index < -0.39 is 0 Å². The number of amides is 1. The van der Waals surface area contributed by atoms with Gasteiger partial charge in [0.25, 0.3) is 5.91 Å². The molecule has 1 aromatic carbocycles. The zero-order valence-corrected chi connectivity index (χ0v) is 18.5. The van der Waals surface area contributed by atoms with E-state index >= 15 is 0 Å². The van der Waals surface area contributed by atoms with Crippen LogP contribution in [-0.2, 0) is 4.79 Å². The molecule has 3 rings (SSSR count). The molecule has 1 saturated heterocycles. The summed E-state index contributed by atoms with van der Waals surface area (Å²) in [6, 6.07) is 11.2. The minimum absolute atomic E-state index is 0.0191. The Bertz CT molecular complexity index is 873. The number of rotatable bonds is 8. The normalized spacial score (nSPS) is 17.0. The number of unbranched alkanes of at least 4 members (excludes halogenated alkanes) is 1. The summed E-state index contributed by atoms with van der Waals surface area (Å²) < 4.78 is 6.53. The van der Waals surface area contributed by atoms with Crippen LogP contribution in [0, 0.1) is 5.92 Å². The molecule has 1 aliphatic rings. The molecule has 6 heteroatoms. The molecule has 0 unspecified atom stereocenters. The van der Waals surface area contributed by atoms with Crippen LogP contribution >= 0.6 is 35.6 Å². The van der Waals surface area contributed by atoms with Gasteiger partial charge in [-0.05, 0) is 48.7 Å². The van der Waals surface area contributed by atoms with Crippen molar-refractivity contribution in [2.24, 2.45) is 5.92 Å². The molecule has 0 saturated carbocycles. The molecule has 2 aromatic rings. The van der Waals surface area contributed by atoms with Crippen LogP contribution in [0.15, 0.2) is 45.7 Å². The Morgan fingerprint density at radius 2 is 1.96 bits per heavy atom. The number of thioether (sulfide) groups is 1. The zero-order chi connectivity index (χ0) is 20.1. The van der Waals surface area contributed by atoms with Gasteiger partial charge in [0.15, 0.2) is 0 Å². The van der Waals surface area contributed by atoms with Crippen molar-refractivity contribution in [3.8, 4) is 11.3 Å². The molecule has 148 valence electrons. The van der Waals surface area contributed by atoms with Gasteiger partial charge in [-0.25, -0.2) is 0 Å². The van der Waals surface area contributed by atoms with Crippen molar-refractivity contribution in [3.05, 3.63) is 52.1 Å². The first-order valence-corrected chi connectivity index (χ1v) is 11.2. The van der Waals surface area contributed by atoms with Crippen LogP contribution in [0.4, 0.5) is 0 Å². The number of furan rings is 1. The summed E-state index contributed by atoms with van der Waals surface area (Å²) in [6.07, 6.45) is 6.32. The van der Waals surface area contributed by atoms with Gasteiger partial charge in [-0.2, -0.15) is 0 Å². The lowest BCUT2D eigenvalue weighted by atomic mass is 9.99. The van der Waals surface area contributed by atoms with Gasteiger partial charge in [-0.15, -0.1) is 0 Å². The Hall–Kier alpha value is -1.56. The second-order valence-electron chi connectivity index (χ2n) is 6.92. The quantitative estimate of drug-likeness (QED) is 0.331. The summed E-state index contributed by atoms with van der Waals surface area (Å²) in [5.41, 5.74) is 0.943. The summed E-state index contributed by atoms with van der Waals surface area (Å²) in [7, 11) is 0. The number of halogens is 1. The average molecular weight is 434 g/mol. The van der Waals surface area contributed by atoms with Gasteiger partial charge in [0, 0.05) is 23.2 Å². The Morgan fingerprint density at radius 3 is 2.64 bits per heavy atom. The number of carbonyl (C=O) groups excluding carboxylic acids is 1. The number of hydrogen-bond acceptors (Lipinski definition) is 4. The molecule has 0 radical (unpaired) electrons. The predicted octanol–water partition coefficient (Wildman–Crippen LogP) is 7.02. The molecule has 1 amide bonds. The third-order valence-electron chi connectivity index (χ3n) is 4.89. The minimum Gasteiger partial charge on any atom is -0.457 e. The third kappa shape index (κ3) is 5.07. The maximum Gasteiger partial charge on any atom is 0.266 e. The van der Waals surface area contributed by atoms with E-state index in [4.69, 9.17) is 28.2 Å². The van der Waals surface area contributed by atoms with E-state index in [9.17, 15) is 4.79 Å². The molecule has 1 aliphatic heterocycles. The van der Waals surface area contributed by atoms with E-state index in [0.29, 0.717) is 32.5 Å². The number of nitrogens with zero attached hydrogens (tertiary/aromatic N) is 1. The summed E-state index contributed by atoms with van der Waals surface area (Å²) in [5, 5.41) is 0.684. The summed E-state index contributed by atoms with van der Waals surface area (Å²) in [5.74, 6) is 1.85. The second kappa shape index (κ2) is 9.77. The average Bonchev–Trinajstić information content (AvgIpc) is 3.25. The Kier molecular flexibility index (Phi) is 7.38. The van der Waals surface area contributed by atoms with Gasteiger partial charge >= 0.3 is 0 Å². The molecule has 0 bridgehead atoms. The maximum absolute atomic E-state index is 12.9. The van der Waals surface area contributed by atoms with Gasteiger partial charge in [0.05, 0.1) is 4.91 Å². The topological polar surface area (TPSA) is 33.5 Å². The number of hydrogen-bond donors (Lipinski definition) is 0. The van der Waals surface area contributed by atoms with Crippen LogP contribution in [0.2, 0.25) is 5.02 Å². The van der Waals surface area contributed by atoms with Crippen LogP contribution < -0.4 is 0 Å².